The average Bonchev–Trinajstić information content (AvgIpc) is 2.37. The van der Waals surface area contributed by atoms with Gasteiger partial charge in [-0.1, -0.05) is 19.9 Å². The molecule has 0 aliphatic rings. The Morgan fingerprint density at radius 3 is 2.61 bits per heavy atom. The third-order valence-corrected chi connectivity index (χ3v) is 2.44. The van der Waals surface area contributed by atoms with Gasteiger partial charge in [0.05, 0.1) is 7.11 Å². The molecule has 102 valence electrons. The SMILES string of the molecule is CCOCOc1ccc(CNC(C)C)cc1OC. The summed E-state index contributed by atoms with van der Waals surface area (Å²) in [5.41, 5.74) is 1.17. The van der Waals surface area contributed by atoms with Crippen molar-refractivity contribution in [1.29, 1.82) is 0 Å². The number of rotatable bonds is 8. The summed E-state index contributed by atoms with van der Waals surface area (Å²) in [6.45, 7) is 7.88. The second-order valence-electron chi connectivity index (χ2n) is 4.28. The average molecular weight is 253 g/mol. The minimum atomic E-state index is 0.246. The molecule has 0 unspecified atom stereocenters. The van der Waals surface area contributed by atoms with Gasteiger partial charge in [-0.2, -0.15) is 0 Å². The van der Waals surface area contributed by atoms with Crippen LogP contribution in [0.15, 0.2) is 18.2 Å². The highest BCUT2D eigenvalue weighted by Crippen LogP contribution is 2.28. The van der Waals surface area contributed by atoms with Crippen molar-refractivity contribution in [3.63, 3.8) is 0 Å². The Hall–Kier alpha value is -1.26. The third-order valence-electron chi connectivity index (χ3n) is 2.44. The lowest BCUT2D eigenvalue weighted by Crippen LogP contribution is -2.21. The maximum Gasteiger partial charge on any atom is 0.189 e. The van der Waals surface area contributed by atoms with Gasteiger partial charge in [-0.3, -0.25) is 0 Å². The van der Waals surface area contributed by atoms with E-state index in [1.165, 1.54) is 5.56 Å². The fraction of sp³-hybridized carbons (Fsp3) is 0.571. The lowest BCUT2D eigenvalue weighted by molar-refractivity contribution is 0.0209. The molecule has 0 aliphatic carbocycles. The molecule has 0 aliphatic heterocycles. The second kappa shape index (κ2) is 7.95. The molecule has 1 aromatic rings. The molecular formula is C14H23NO3. The van der Waals surface area contributed by atoms with Crippen LogP contribution in [0.5, 0.6) is 11.5 Å². The van der Waals surface area contributed by atoms with Gasteiger partial charge in [0, 0.05) is 19.2 Å². The first-order valence-electron chi connectivity index (χ1n) is 6.28. The Balaban J connectivity index is 2.64. The molecule has 0 aromatic heterocycles. The minimum Gasteiger partial charge on any atom is -0.493 e. The highest BCUT2D eigenvalue weighted by Gasteiger charge is 2.06. The van der Waals surface area contributed by atoms with Crippen LogP contribution in [0.1, 0.15) is 26.3 Å². The Labute approximate surface area is 109 Å². The Morgan fingerprint density at radius 2 is 2.00 bits per heavy atom. The summed E-state index contributed by atoms with van der Waals surface area (Å²) in [6.07, 6.45) is 0. The first-order valence-corrected chi connectivity index (χ1v) is 6.28. The van der Waals surface area contributed by atoms with Crippen LogP contribution in [0.2, 0.25) is 0 Å². The molecule has 0 saturated carbocycles. The molecule has 1 N–H and O–H groups in total. The number of nitrogens with one attached hydrogen (secondary N) is 1. The molecule has 0 atom stereocenters. The number of benzene rings is 1. The van der Waals surface area contributed by atoms with Crippen molar-refractivity contribution >= 4 is 0 Å². The summed E-state index contributed by atoms with van der Waals surface area (Å²) in [5, 5.41) is 3.36. The largest absolute Gasteiger partial charge is 0.493 e. The summed E-state index contributed by atoms with van der Waals surface area (Å²) in [5.74, 6) is 1.44. The highest BCUT2D eigenvalue weighted by atomic mass is 16.7. The summed E-state index contributed by atoms with van der Waals surface area (Å²) in [4.78, 5) is 0. The smallest absolute Gasteiger partial charge is 0.189 e. The summed E-state index contributed by atoms with van der Waals surface area (Å²) < 4.78 is 16.0. The standard InChI is InChI=1S/C14H23NO3/c1-5-17-10-18-13-7-6-12(8-14(13)16-4)9-15-11(2)3/h6-8,11,15H,5,9-10H2,1-4H3. The van der Waals surface area contributed by atoms with Gasteiger partial charge in [0.15, 0.2) is 18.3 Å². The van der Waals surface area contributed by atoms with Gasteiger partial charge in [-0.15, -0.1) is 0 Å². The number of methoxy groups -OCH3 is 1. The lowest BCUT2D eigenvalue weighted by Gasteiger charge is -2.13. The van der Waals surface area contributed by atoms with E-state index in [4.69, 9.17) is 14.2 Å². The van der Waals surface area contributed by atoms with Gasteiger partial charge in [-0.25, -0.2) is 0 Å². The van der Waals surface area contributed by atoms with Crippen molar-refractivity contribution in [2.24, 2.45) is 0 Å². The fourth-order valence-corrected chi connectivity index (χ4v) is 1.45. The zero-order chi connectivity index (χ0) is 13.4. The van der Waals surface area contributed by atoms with Crippen LogP contribution in [0, 0.1) is 0 Å². The van der Waals surface area contributed by atoms with E-state index >= 15 is 0 Å². The molecule has 18 heavy (non-hydrogen) atoms. The molecule has 4 heteroatoms. The Morgan fingerprint density at radius 1 is 1.22 bits per heavy atom. The molecule has 0 radical (unpaired) electrons. The molecule has 1 rings (SSSR count). The van der Waals surface area contributed by atoms with E-state index in [2.05, 4.69) is 19.2 Å². The molecule has 0 saturated heterocycles. The first-order chi connectivity index (χ1) is 8.67. The molecule has 4 nitrogen and oxygen atoms in total. The Kier molecular flexibility index (Phi) is 6.54. The normalized spacial score (nSPS) is 10.7. The molecule has 0 bridgehead atoms. The van der Waals surface area contributed by atoms with Crippen molar-refractivity contribution in [2.45, 2.75) is 33.4 Å². The van der Waals surface area contributed by atoms with Gasteiger partial charge in [0.2, 0.25) is 0 Å². The van der Waals surface area contributed by atoms with Crippen LogP contribution < -0.4 is 14.8 Å². The molecule has 0 spiro atoms. The Bertz CT molecular complexity index is 353. The summed E-state index contributed by atoms with van der Waals surface area (Å²) in [7, 11) is 1.64. The molecule has 1 aromatic carbocycles. The van der Waals surface area contributed by atoms with Crippen LogP contribution in [0.25, 0.3) is 0 Å². The van der Waals surface area contributed by atoms with Gasteiger partial charge in [0.25, 0.3) is 0 Å². The van der Waals surface area contributed by atoms with E-state index in [-0.39, 0.29) is 6.79 Å². The summed E-state index contributed by atoms with van der Waals surface area (Å²) >= 11 is 0. The monoisotopic (exact) mass is 253 g/mol. The second-order valence-corrected chi connectivity index (χ2v) is 4.28. The lowest BCUT2D eigenvalue weighted by atomic mass is 10.2. The van der Waals surface area contributed by atoms with Crippen molar-refractivity contribution in [3.05, 3.63) is 23.8 Å². The van der Waals surface area contributed by atoms with E-state index in [9.17, 15) is 0 Å². The number of hydrogen-bond acceptors (Lipinski definition) is 4. The van der Waals surface area contributed by atoms with Crippen LogP contribution in [-0.4, -0.2) is 26.6 Å². The predicted octanol–water partition coefficient (Wildman–Crippen LogP) is 2.57. The van der Waals surface area contributed by atoms with Crippen LogP contribution in [0.3, 0.4) is 0 Å². The van der Waals surface area contributed by atoms with Crippen molar-refractivity contribution < 1.29 is 14.2 Å². The maximum absolute atomic E-state index is 5.48. The van der Waals surface area contributed by atoms with Crippen molar-refractivity contribution in [3.8, 4) is 11.5 Å². The summed E-state index contributed by atoms with van der Waals surface area (Å²) in [6, 6.07) is 6.38. The van der Waals surface area contributed by atoms with Gasteiger partial charge >= 0.3 is 0 Å². The van der Waals surface area contributed by atoms with E-state index in [1.54, 1.807) is 7.11 Å². The topological polar surface area (TPSA) is 39.7 Å². The van der Waals surface area contributed by atoms with E-state index < -0.39 is 0 Å². The van der Waals surface area contributed by atoms with E-state index in [0.29, 0.717) is 18.4 Å². The molecule has 0 fully saturated rings. The van der Waals surface area contributed by atoms with Crippen molar-refractivity contribution in [2.75, 3.05) is 20.5 Å². The molecule has 0 heterocycles. The molecular weight excluding hydrogens is 230 g/mol. The zero-order valence-electron chi connectivity index (χ0n) is 11.7. The number of ether oxygens (including phenoxy) is 3. The third kappa shape index (κ3) is 4.94. The predicted molar refractivity (Wildman–Crippen MR) is 72.1 cm³/mol. The van der Waals surface area contributed by atoms with Crippen molar-refractivity contribution in [1.82, 2.24) is 5.32 Å². The first kappa shape index (κ1) is 14.8. The van der Waals surface area contributed by atoms with Crippen LogP contribution >= 0.6 is 0 Å². The fourth-order valence-electron chi connectivity index (χ4n) is 1.45. The minimum absolute atomic E-state index is 0.246. The van der Waals surface area contributed by atoms with E-state index in [0.717, 1.165) is 12.3 Å². The van der Waals surface area contributed by atoms with Crippen LogP contribution in [0.4, 0.5) is 0 Å². The van der Waals surface area contributed by atoms with E-state index in [1.807, 2.05) is 25.1 Å². The van der Waals surface area contributed by atoms with Gasteiger partial charge < -0.3 is 19.5 Å². The van der Waals surface area contributed by atoms with Crippen LogP contribution in [-0.2, 0) is 11.3 Å². The van der Waals surface area contributed by atoms with Gasteiger partial charge in [0.1, 0.15) is 0 Å². The number of hydrogen-bond donors (Lipinski definition) is 1. The van der Waals surface area contributed by atoms with Gasteiger partial charge in [-0.05, 0) is 24.6 Å². The maximum atomic E-state index is 5.48. The molecule has 0 amide bonds. The quantitative estimate of drug-likeness (QED) is 0.571. The zero-order valence-corrected chi connectivity index (χ0v) is 11.7. The highest BCUT2D eigenvalue weighted by molar-refractivity contribution is 5.42.